The second kappa shape index (κ2) is 4.30. The zero-order valence-corrected chi connectivity index (χ0v) is 7.88. The highest BCUT2D eigenvalue weighted by atomic mass is 35.5. The smallest absolute Gasteiger partial charge is 0.512 e. The molecule has 8 heteroatoms. The summed E-state index contributed by atoms with van der Waals surface area (Å²) in [5.41, 5.74) is -1.01. The Balaban J connectivity index is 2.99. The van der Waals surface area contributed by atoms with Gasteiger partial charge in [-0.2, -0.15) is 13.2 Å². The van der Waals surface area contributed by atoms with Gasteiger partial charge in [-0.15, -0.1) is 0 Å². The van der Waals surface area contributed by atoms with E-state index in [0.717, 1.165) is 12.1 Å². The number of rotatable bonds is 2. The van der Waals surface area contributed by atoms with Gasteiger partial charge in [0.2, 0.25) is 0 Å². The van der Waals surface area contributed by atoms with E-state index in [0.29, 0.717) is 6.07 Å². The van der Waals surface area contributed by atoms with Crippen LogP contribution in [0.2, 0.25) is 5.02 Å². The Morgan fingerprint density at radius 3 is 2.27 bits per heavy atom. The highest BCUT2D eigenvalue weighted by Gasteiger charge is 2.33. The molecule has 0 radical (unpaired) electrons. The summed E-state index contributed by atoms with van der Waals surface area (Å²) in [5.74, 6) is -0.164. The van der Waals surface area contributed by atoms with Gasteiger partial charge in [-0.05, 0) is 18.2 Å². The van der Waals surface area contributed by atoms with Crippen molar-refractivity contribution in [3.05, 3.63) is 28.8 Å². The Kier molecular flexibility index (Phi) is 3.48. The number of benzene rings is 1. The number of halogens is 4. The molecular formula is C7H5BClF3O3. The van der Waals surface area contributed by atoms with Crippen LogP contribution in [0.1, 0.15) is 5.56 Å². The first-order valence-electron chi connectivity index (χ1n) is 3.70. The number of alkyl halides is 3. The van der Waals surface area contributed by atoms with Gasteiger partial charge in [-0.3, -0.25) is 0 Å². The van der Waals surface area contributed by atoms with E-state index in [1.807, 2.05) is 0 Å². The summed E-state index contributed by atoms with van der Waals surface area (Å²) in [7, 11) is -2.10. The molecule has 0 aliphatic heterocycles. The molecule has 0 heterocycles. The molecule has 0 aromatic heterocycles. The van der Waals surface area contributed by atoms with Gasteiger partial charge in [0.25, 0.3) is 0 Å². The summed E-state index contributed by atoms with van der Waals surface area (Å²) in [6.45, 7) is 0. The summed E-state index contributed by atoms with van der Waals surface area (Å²) in [5, 5.41) is 16.2. The van der Waals surface area contributed by atoms with Gasteiger partial charge in [-0.25, -0.2) is 0 Å². The predicted octanol–water partition coefficient (Wildman–Crippen LogP) is 1.71. The molecule has 0 saturated heterocycles. The molecule has 0 fully saturated rings. The maximum absolute atomic E-state index is 12.2. The fraction of sp³-hybridized carbons (Fsp3) is 0.143. The second-order valence-electron chi connectivity index (χ2n) is 2.58. The first-order chi connectivity index (χ1) is 6.80. The lowest BCUT2D eigenvalue weighted by molar-refractivity contribution is -0.137. The average Bonchev–Trinajstić information content (AvgIpc) is 1.99. The molecule has 0 unspecified atom stereocenters. The third kappa shape index (κ3) is 3.30. The van der Waals surface area contributed by atoms with Gasteiger partial charge in [-0.1, -0.05) is 11.6 Å². The first-order valence-corrected chi connectivity index (χ1v) is 4.08. The molecule has 0 saturated carbocycles. The van der Waals surface area contributed by atoms with Crippen molar-refractivity contribution in [2.24, 2.45) is 0 Å². The largest absolute Gasteiger partial charge is 0.707 e. The van der Waals surface area contributed by atoms with E-state index >= 15 is 0 Å². The van der Waals surface area contributed by atoms with Crippen LogP contribution in [-0.2, 0) is 6.18 Å². The predicted molar refractivity (Wildman–Crippen MR) is 47.3 cm³/mol. The molecule has 1 aromatic carbocycles. The van der Waals surface area contributed by atoms with Gasteiger partial charge in [0.05, 0.1) is 10.6 Å². The fourth-order valence-electron chi connectivity index (χ4n) is 0.921. The van der Waals surface area contributed by atoms with Crippen molar-refractivity contribution in [1.82, 2.24) is 0 Å². The summed E-state index contributed by atoms with van der Waals surface area (Å²) < 4.78 is 41.0. The zero-order valence-electron chi connectivity index (χ0n) is 7.12. The van der Waals surface area contributed by atoms with E-state index < -0.39 is 24.1 Å². The van der Waals surface area contributed by atoms with E-state index in [1.165, 1.54) is 0 Å². The lowest BCUT2D eigenvalue weighted by atomic mass is 10.2. The van der Waals surface area contributed by atoms with Crippen molar-refractivity contribution in [3.63, 3.8) is 0 Å². The van der Waals surface area contributed by atoms with Crippen LogP contribution in [0, 0.1) is 0 Å². The monoisotopic (exact) mass is 240 g/mol. The SMILES string of the molecule is OB(O)Oc1ccc(C(F)(F)F)c(Cl)c1. The fourth-order valence-corrected chi connectivity index (χ4v) is 1.20. The van der Waals surface area contributed by atoms with Crippen molar-refractivity contribution < 1.29 is 27.9 Å². The average molecular weight is 240 g/mol. The molecular weight excluding hydrogens is 235 g/mol. The topological polar surface area (TPSA) is 49.7 Å². The van der Waals surface area contributed by atoms with E-state index in [-0.39, 0.29) is 5.75 Å². The molecule has 0 aliphatic rings. The molecule has 82 valence electrons. The minimum absolute atomic E-state index is 0.164. The van der Waals surface area contributed by atoms with Crippen molar-refractivity contribution in [3.8, 4) is 5.75 Å². The van der Waals surface area contributed by atoms with Crippen LogP contribution in [0.5, 0.6) is 5.75 Å². The van der Waals surface area contributed by atoms with Crippen molar-refractivity contribution in [2.45, 2.75) is 6.18 Å². The van der Waals surface area contributed by atoms with Gasteiger partial charge in [0.1, 0.15) is 5.75 Å². The molecule has 0 aliphatic carbocycles. The third-order valence-electron chi connectivity index (χ3n) is 1.49. The molecule has 3 nitrogen and oxygen atoms in total. The molecule has 1 aromatic rings. The molecule has 0 amide bonds. The normalized spacial score (nSPS) is 11.3. The number of hydrogen-bond donors (Lipinski definition) is 2. The van der Waals surface area contributed by atoms with Gasteiger partial charge >= 0.3 is 13.5 Å². The maximum atomic E-state index is 12.2. The highest BCUT2D eigenvalue weighted by molar-refractivity contribution is 6.34. The molecule has 0 atom stereocenters. The van der Waals surface area contributed by atoms with Crippen molar-refractivity contribution in [2.75, 3.05) is 0 Å². The summed E-state index contributed by atoms with van der Waals surface area (Å²) in [6.07, 6.45) is -4.55. The van der Waals surface area contributed by atoms with Gasteiger partial charge in [0.15, 0.2) is 0 Å². The Bertz CT molecular complexity index is 356. The van der Waals surface area contributed by atoms with Crippen LogP contribution in [0.4, 0.5) is 13.2 Å². The maximum Gasteiger partial charge on any atom is 0.707 e. The zero-order chi connectivity index (χ0) is 11.6. The molecule has 15 heavy (non-hydrogen) atoms. The Morgan fingerprint density at radius 1 is 1.27 bits per heavy atom. The minimum Gasteiger partial charge on any atom is -0.512 e. The summed E-state index contributed by atoms with van der Waals surface area (Å²) >= 11 is 5.33. The van der Waals surface area contributed by atoms with E-state index in [4.69, 9.17) is 21.6 Å². The van der Waals surface area contributed by atoms with Crippen LogP contribution in [0.15, 0.2) is 18.2 Å². The standard InChI is InChI=1S/C7H5BClF3O3/c9-6-3-4(15-8(13)14)1-2-5(6)7(10,11)12/h1-3,13-14H. The number of hydrogen-bond acceptors (Lipinski definition) is 3. The van der Waals surface area contributed by atoms with Gasteiger partial charge < -0.3 is 14.7 Å². The van der Waals surface area contributed by atoms with E-state index in [2.05, 4.69) is 4.65 Å². The van der Waals surface area contributed by atoms with Crippen LogP contribution in [0.3, 0.4) is 0 Å². The van der Waals surface area contributed by atoms with Crippen molar-refractivity contribution >= 4 is 18.9 Å². The lowest BCUT2D eigenvalue weighted by Crippen LogP contribution is -2.20. The minimum atomic E-state index is -4.55. The molecule has 0 spiro atoms. The lowest BCUT2D eigenvalue weighted by Gasteiger charge is -2.10. The Hall–Kier alpha value is -0.915. The summed E-state index contributed by atoms with van der Waals surface area (Å²) in [6, 6.07) is 2.48. The van der Waals surface area contributed by atoms with Crippen LogP contribution < -0.4 is 4.65 Å². The molecule has 2 N–H and O–H groups in total. The van der Waals surface area contributed by atoms with E-state index in [1.54, 1.807) is 0 Å². The highest BCUT2D eigenvalue weighted by Crippen LogP contribution is 2.36. The molecule has 1 rings (SSSR count). The molecule has 0 bridgehead atoms. The Labute approximate surface area is 88.2 Å². The van der Waals surface area contributed by atoms with Crippen LogP contribution >= 0.6 is 11.6 Å². The third-order valence-corrected chi connectivity index (χ3v) is 1.80. The summed E-state index contributed by atoms with van der Waals surface area (Å²) in [4.78, 5) is 0. The first kappa shape index (κ1) is 12.2. The van der Waals surface area contributed by atoms with E-state index in [9.17, 15) is 13.2 Å². The van der Waals surface area contributed by atoms with Crippen LogP contribution in [-0.4, -0.2) is 17.4 Å². The van der Waals surface area contributed by atoms with Gasteiger partial charge in [0, 0.05) is 0 Å². The Morgan fingerprint density at radius 2 is 1.87 bits per heavy atom. The quantitative estimate of drug-likeness (QED) is 0.774. The second-order valence-corrected chi connectivity index (χ2v) is 2.99. The van der Waals surface area contributed by atoms with Crippen LogP contribution in [0.25, 0.3) is 0 Å². The van der Waals surface area contributed by atoms with Crippen molar-refractivity contribution in [1.29, 1.82) is 0 Å².